The van der Waals surface area contributed by atoms with Crippen molar-refractivity contribution < 1.29 is 19.4 Å². The lowest BCUT2D eigenvalue weighted by molar-refractivity contribution is -0.141. The van der Waals surface area contributed by atoms with Gasteiger partial charge in [-0.25, -0.2) is 0 Å². The molecule has 1 aromatic rings. The Kier molecular flexibility index (Phi) is 7.60. The van der Waals surface area contributed by atoms with E-state index in [4.69, 9.17) is 0 Å². The molecule has 122 valence electrons. The van der Waals surface area contributed by atoms with E-state index >= 15 is 0 Å². The molecule has 0 heterocycles. The standard InChI is InChI=1S/C17H25NO4/c1-4-12(2)16(17(20)21)18-11-14-7-5-13(6-8-14)9-10-15(19)22-3/h5-8,12,16,18H,4,9-11H2,1-3H3,(H,20,21)/t12?,16-/m0/s1. The van der Waals surface area contributed by atoms with Gasteiger partial charge in [-0.2, -0.15) is 0 Å². The monoisotopic (exact) mass is 307 g/mol. The van der Waals surface area contributed by atoms with E-state index in [1.165, 1.54) is 7.11 Å². The van der Waals surface area contributed by atoms with Crippen LogP contribution >= 0.6 is 0 Å². The Bertz CT molecular complexity index is 484. The summed E-state index contributed by atoms with van der Waals surface area (Å²) < 4.78 is 4.61. The van der Waals surface area contributed by atoms with Crippen LogP contribution in [0.4, 0.5) is 0 Å². The summed E-state index contributed by atoms with van der Waals surface area (Å²) in [6.07, 6.45) is 1.82. The summed E-state index contributed by atoms with van der Waals surface area (Å²) in [5.41, 5.74) is 2.09. The average molecular weight is 307 g/mol. The Morgan fingerprint density at radius 3 is 2.32 bits per heavy atom. The van der Waals surface area contributed by atoms with Gasteiger partial charge < -0.3 is 15.2 Å². The van der Waals surface area contributed by atoms with E-state index in [1.54, 1.807) is 0 Å². The lowest BCUT2D eigenvalue weighted by Crippen LogP contribution is -2.41. The van der Waals surface area contributed by atoms with Gasteiger partial charge in [0.15, 0.2) is 0 Å². The van der Waals surface area contributed by atoms with Crippen molar-refractivity contribution in [2.24, 2.45) is 5.92 Å². The van der Waals surface area contributed by atoms with Crippen molar-refractivity contribution in [3.63, 3.8) is 0 Å². The molecule has 5 heteroatoms. The minimum Gasteiger partial charge on any atom is -0.480 e. The van der Waals surface area contributed by atoms with Crippen LogP contribution in [-0.4, -0.2) is 30.2 Å². The van der Waals surface area contributed by atoms with Crippen LogP contribution in [0.2, 0.25) is 0 Å². The summed E-state index contributed by atoms with van der Waals surface area (Å²) in [7, 11) is 1.38. The molecule has 1 rings (SSSR count). The number of carboxylic acid groups (broad SMARTS) is 1. The summed E-state index contributed by atoms with van der Waals surface area (Å²) in [5, 5.41) is 12.3. The van der Waals surface area contributed by atoms with Gasteiger partial charge in [-0.15, -0.1) is 0 Å². The second-order valence-electron chi connectivity index (χ2n) is 5.47. The van der Waals surface area contributed by atoms with Gasteiger partial charge in [-0.05, 0) is 23.5 Å². The first kappa shape index (κ1) is 18.2. The highest BCUT2D eigenvalue weighted by molar-refractivity contribution is 5.73. The zero-order valence-electron chi connectivity index (χ0n) is 13.5. The van der Waals surface area contributed by atoms with Crippen molar-refractivity contribution in [2.45, 2.75) is 45.7 Å². The number of hydrogen-bond donors (Lipinski definition) is 2. The van der Waals surface area contributed by atoms with Crippen LogP contribution in [0.15, 0.2) is 24.3 Å². The molecule has 0 spiro atoms. The van der Waals surface area contributed by atoms with E-state index in [9.17, 15) is 14.7 Å². The van der Waals surface area contributed by atoms with Crippen molar-refractivity contribution >= 4 is 11.9 Å². The minimum absolute atomic E-state index is 0.0804. The number of benzene rings is 1. The highest BCUT2D eigenvalue weighted by Gasteiger charge is 2.22. The first-order chi connectivity index (χ1) is 10.5. The molecule has 0 aromatic heterocycles. The first-order valence-corrected chi connectivity index (χ1v) is 7.58. The van der Waals surface area contributed by atoms with Crippen molar-refractivity contribution in [3.05, 3.63) is 35.4 Å². The number of hydrogen-bond acceptors (Lipinski definition) is 4. The van der Waals surface area contributed by atoms with E-state index in [0.717, 1.165) is 17.5 Å². The Morgan fingerprint density at radius 1 is 1.23 bits per heavy atom. The van der Waals surface area contributed by atoms with Crippen molar-refractivity contribution in [2.75, 3.05) is 7.11 Å². The van der Waals surface area contributed by atoms with Gasteiger partial charge in [0.25, 0.3) is 0 Å². The molecule has 1 aromatic carbocycles. The maximum Gasteiger partial charge on any atom is 0.320 e. The number of carboxylic acids is 1. The van der Waals surface area contributed by atoms with Gasteiger partial charge >= 0.3 is 11.9 Å². The van der Waals surface area contributed by atoms with Crippen LogP contribution in [0, 0.1) is 5.92 Å². The molecule has 0 saturated heterocycles. The maximum absolute atomic E-state index is 11.2. The molecular weight excluding hydrogens is 282 g/mol. The first-order valence-electron chi connectivity index (χ1n) is 7.58. The third kappa shape index (κ3) is 5.85. The molecule has 0 saturated carbocycles. The molecule has 22 heavy (non-hydrogen) atoms. The molecule has 5 nitrogen and oxygen atoms in total. The van der Waals surface area contributed by atoms with E-state index in [0.29, 0.717) is 19.4 Å². The third-order valence-corrected chi connectivity index (χ3v) is 3.87. The topological polar surface area (TPSA) is 75.6 Å². The normalized spacial score (nSPS) is 13.4. The van der Waals surface area contributed by atoms with E-state index < -0.39 is 12.0 Å². The van der Waals surface area contributed by atoms with Crippen LogP contribution in [-0.2, 0) is 27.3 Å². The van der Waals surface area contributed by atoms with Gasteiger partial charge in [-0.1, -0.05) is 44.5 Å². The number of esters is 1. The fraction of sp³-hybridized carbons (Fsp3) is 0.529. The summed E-state index contributed by atoms with van der Waals surface area (Å²) in [6.45, 7) is 4.43. The van der Waals surface area contributed by atoms with Crippen LogP contribution in [0.5, 0.6) is 0 Å². The van der Waals surface area contributed by atoms with Crippen LogP contribution in [0.1, 0.15) is 37.8 Å². The fourth-order valence-electron chi connectivity index (χ4n) is 2.17. The summed E-state index contributed by atoms with van der Waals surface area (Å²) in [6, 6.07) is 7.28. The number of aryl methyl sites for hydroxylation is 1. The molecule has 0 aliphatic rings. The fourth-order valence-corrected chi connectivity index (χ4v) is 2.17. The Balaban J connectivity index is 2.53. The third-order valence-electron chi connectivity index (χ3n) is 3.87. The molecule has 0 aliphatic carbocycles. The second kappa shape index (κ2) is 9.20. The highest BCUT2D eigenvalue weighted by Crippen LogP contribution is 2.11. The van der Waals surface area contributed by atoms with Gasteiger partial charge in [-0.3, -0.25) is 9.59 Å². The van der Waals surface area contributed by atoms with E-state index in [1.807, 2.05) is 38.1 Å². The second-order valence-corrected chi connectivity index (χ2v) is 5.47. The van der Waals surface area contributed by atoms with Gasteiger partial charge in [0.1, 0.15) is 6.04 Å². The van der Waals surface area contributed by atoms with Gasteiger partial charge in [0.05, 0.1) is 7.11 Å². The summed E-state index contributed by atoms with van der Waals surface area (Å²) in [4.78, 5) is 22.3. The van der Waals surface area contributed by atoms with E-state index in [-0.39, 0.29) is 11.9 Å². The minimum atomic E-state index is -0.816. The summed E-state index contributed by atoms with van der Waals surface area (Å²) in [5.74, 6) is -0.954. The smallest absolute Gasteiger partial charge is 0.320 e. The number of methoxy groups -OCH3 is 1. The molecule has 2 N–H and O–H groups in total. The highest BCUT2D eigenvalue weighted by atomic mass is 16.5. The number of carbonyl (C=O) groups is 2. The lowest BCUT2D eigenvalue weighted by Gasteiger charge is -2.20. The van der Waals surface area contributed by atoms with Crippen LogP contribution in [0.3, 0.4) is 0 Å². The van der Waals surface area contributed by atoms with Crippen LogP contribution in [0.25, 0.3) is 0 Å². The molecule has 0 aliphatic heterocycles. The number of ether oxygens (including phenoxy) is 1. The quantitative estimate of drug-likeness (QED) is 0.685. The largest absolute Gasteiger partial charge is 0.480 e. The average Bonchev–Trinajstić information content (AvgIpc) is 2.53. The molecular formula is C17H25NO4. The van der Waals surface area contributed by atoms with Crippen molar-refractivity contribution in [1.29, 1.82) is 0 Å². The molecule has 0 radical (unpaired) electrons. The zero-order valence-corrected chi connectivity index (χ0v) is 13.5. The molecule has 0 amide bonds. The maximum atomic E-state index is 11.2. The number of carbonyl (C=O) groups excluding carboxylic acids is 1. The predicted molar refractivity (Wildman–Crippen MR) is 84.5 cm³/mol. The number of nitrogens with one attached hydrogen (secondary N) is 1. The summed E-state index contributed by atoms with van der Waals surface area (Å²) >= 11 is 0. The predicted octanol–water partition coefficient (Wildman–Crippen LogP) is 2.38. The van der Waals surface area contributed by atoms with Crippen LogP contribution < -0.4 is 5.32 Å². The Hall–Kier alpha value is -1.88. The van der Waals surface area contributed by atoms with E-state index in [2.05, 4.69) is 10.1 Å². The Labute approximate surface area is 131 Å². The Morgan fingerprint density at radius 2 is 1.82 bits per heavy atom. The number of rotatable bonds is 9. The lowest BCUT2D eigenvalue weighted by atomic mass is 9.99. The van der Waals surface area contributed by atoms with Gasteiger partial charge in [0.2, 0.25) is 0 Å². The molecule has 1 unspecified atom stereocenters. The van der Waals surface area contributed by atoms with Gasteiger partial charge in [0, 0.05) is 13.0 Å². The van der Waals surface area contributed by atoms with Crippen molar-refractivity contribution in [1.82, 2.24) is 5.32 Å². The number of aliphatic carboxylic acids is 1. The molecule has 0 bridgehead atoms. The SMILES string of the molecule is CCC(C)[C@H](NCc1ccc(CCC(=O)OC)cc1)C(=O)O. The molecule has 0 fully saturated rings. The molecule has 2 atom stereocenters. The zero-order chi connectivity index (χ0) is 16.5. The van der Waals surface area contributed by atoms with Crippen molar-refractivity contribution in [3.8, 4) is 0 Å².